The first kappa shape index (κ1) is 20.5. The average molecular weight is 454 g/mol. The number of amides is 1. The van der Waals surface area contributed by atoms with E-state index in [-0.39, 0.29) is 17.3 Å². The van der Waals surface area contributed by atoms with E-state index >= 15 is 0 Å². The van der Waals surface area contributed by atoms with Crippen molar-refractivity contribution in [2.75, 3.05) is 12.4 Å². The van der Waals surface area contributed by atoms with Gasteiger partial charge in [0.25, 0.3) is 5.91 Å². The molecule has 1 N–H and O–H groups in total. The van der Waals surface area contributed by atoms with Crippen molar-refractivity contribution in [3.63, 3.8) is 0 Å². The lowest BCUT2D eigenvalue weighted by Gasteiger charge is -2.12. The number of carbonyl (C=O) groups is 1. The van der Waals surface area contributed by atoms with E-state index in [1.54, 1.807) is 48.1 Å². The fourth-order valence-electron chi connectivity index (χ4n) is 3.63. The summed E-state index contributed by atoms with van der Waals surface area (Å²) in [5.41, 5.74) is 3.52. The summed E-state index contributed by atoms with van der Waals surface area (Å²) in [5.74, 6) is 0.581. The second-order valence-electron chi connectivity index (χ2n) is 7.21. The smallest absolute Gasteiger partial charge is 0.256 e. The van der Waals surface area contributed by atoms with Gasteiger partial charge in [0.05, 0.1) is 18.1 Å². The van der Waals surface area contributed by atoms with Crippen LogP contribution in [-0.4, -0.2) is 27.6 Å². The summed E-state index contributed by atoms with van der Waals surface area (Å²) in [6.45, 7) is 0. The van der Waals surface area contributed by atoms with E-state index in [2.05, 4.69) is 16.4 Å². The highest BCUT2D eigenvalue weighted by Gasteiger charge is 2.23. The number of nitrogens with one attached hydrogen (secondary N) is 1. The maximum atomic E-state index is 13.1. The normalized spacial score (nSPS) is 10.8. The first-order chi connectivity index (χ1) is 16.1. The summed E-state index contributed by atoms with van der Waals surface area (Å²) in [6.07, 6.45) is 0. The van der Waals surface area contributed by atoms with Gasteiger partial charge < -0.3 is 10.1 Å². The highest BCUT2D eigenvalue weighted by molar-refractivity contribution is 6.30. The minimum Gasteiger partial charge on any atom is -0.497 e. The third-order valence-corrected chi connectivity index (χ3v) is 5.49. The van der Waals surface area contributed by atoms with Crippen molar-refractivity contribution in [1.29, 1.82) is 5.26 Å². The molecule has 0 unspecified atom stereocenters. The van der Waals surface area contributed by atoms with Gasteiger partial charge in [0.15, 0.2) is 5.65 Å². The molecule has 160 valence electrons. The highest BCUT2D eigenvalue weighted by Crippen LogP contribution is 2.33. The topological polar surface area (TPSA) is 92.8 Å². The van der Waals surface area contributed by atoms with E-state index in [1.807, 2.05) is 36.4 Å². The van der Waals surface area contributed by atoms with Crippen LogP contribution in [0, 0.1) is 11.3 Å². The first-order valence-electron chi connectivity index (χ1n) is 10.0. The Morgan fingerprint density at radius 2 is 1.67 bits per heavy atom. The molecule has 7 nitrogen and oxygen atoms in total. The van der Waals surface area contributed by atoms with Crippen LogP contribution in [0.3, 0.4) is 0 Å². The zero-order valence-corrected chi connectivity index (χ0v) is 18.2. The molecule has 8 heteroatoms. The molecule has 2 heterocycles. The lowest BCUT2D eigenvalue weighted by Crippen LogP contribution is -2.15. The molecule has 0 aliphatic heterocycles. The van der Waals surface area contributed by atoms with Crippen LogP contribution in [0.4, 0.5) is 5.82 Å². The molecular weight excluding hydrogens is 438 g/mol. The predicted molar refractivity (Wildman–Crippen MR) is 127 cm³/mol. The van der Waals surface area contributed by atoms with Gasteiger partial charge in [-0.25, -0.2) is 9.97 Å². The van der Waals surface area contributed by atoms with E-state index < -0.39 is 0 Å². The number of nitrogens with zero attached hydrogens (tertiary/aromatic N) is 4. The van der Waals surface area contributed by atoms with Crippen LogP contribution < -0.4 is 10.1 Å². The number of fused-ring (bicyclic) bond motifs is 2. The molecule has 5 rings (SSSR count). The third kappa shape index (κ3) is 3.63. The summed E-state index contributed by atoms with van der Waals surface area (Å²) in [6, 6.07) is 23.4. The molecule has 0 saturated heterocycles. The Morgan fingerprint density at radius 1 is 1.00 bits per heavy atom. The molecule has 0 aliphatic carbocycles. The van der Waals surface area contributed by atoms with E-state index in [1.165, 1.54) is 0 Å². The van der Waals surface area contributed by atoms with Crippen molar-refractivity contribution >= 4 is 45.5 Å². The summed E-state index contributed by atoms with van der Waals surface area (Å²) >= 11 is 5.95. The van der Waals surface area contributed by atoms with Gasteiger partial charge in [-0.15, -0.1) is 0 Å². The monoisotopic (exact) mass is 453 g/mol. The molecule has 0 bridgehead atoms. The molecular formula is C25H16ClN5O2. The van der Waals surface area contributed by atoms with Gasteiger partial charge in [-0.1, -0.05) is 23.7 Å². The number of anilines is 1. The van der Waals surface area contributed by atoms with Crippen LogP contribution in [-0.2, 0) is 0 Å². The van der Waals surface area contributed by atoms with Crippen molar-refractivity contribution in [2.24, 2.45) is 0 Å². The van der Waals surface area contributed by atoms with Gasteiger partial charge in [-0.2, -0.15) is 5.26 Å². The van der Waals surface area contributed by atoms with Gasteiger partial charge in [0.1, 0.15) is 28.7 Å². The van der Waals surface area contributed by atoms with E-state index in [4.69, 9.17) is 21.3 Å². The predicted octanol–water partition coefficient (Wildman–Crippen LogP) is 5.36. The van der Waals surface area contributed by atoms with Crippen LogP contribution in [0.5, 0.6) is 5.75 Å². The zero-order valence-electron chi connectivity index (χ0n) is 17.4. The molecule has 0 radical (unpaired) electrons. The van der Waals surface area contributed by atoms with Crippen LogP contribution in [0.15, 0.2) is 72.8 Å². The minimum absolute atomic E-state index is 0.224. The fraction of sp³-hybridized carbons (Fsp3) is 0.0400. The number of halogens is 1. The quantitative estimate of drug-likeness (QED) is 0.395. The SMILES string of the molecule is COc1ccc(-n2c(NC(=O)c3ccc(Cl)cc3)c(C#N)c3nc4ccccc4nc32)cc1. The molecule has 0 saturated carbocycles. The van der Waals surface area contributed by atoms with Crippen LogP contribution >= 0.6 is 11.6 Å². The number of hydrogen-bond acceptors (Lipinski definition) is 5. The highest BCUT2D eigenvalue weighted by atomic mass is 35.5. The molecule has 33 heavy (non-hydrogen) atoms. The Kier molecular flexibility index (Phi) is 5.13. The standard InChI is InChI=1S/C25H16ClN5O2/c1-33-18-12-10-17(11-13-18)31-23(30-25(32)15-6-8-16(26)9-7-15)19(14-27)22-24(31)29-21-5-3-2-4-20(21)28-22/h2-13H,1H3,(H,30,32). The number of rotatable bonds is 4. The molecule has 1 amide bonds. The second kappa shape index (κ2) is 8.26. The zero-order chi connectivity index (χ0) is 22.9. The van der Waals surface area contributed by atoms with Gasteiger partial charge >= 0.3 is 0 Å². The van der Waals surface area contributed by atoms with Crippen molar-refractivity contribution in [3.8, 4) is 17.5 Å². The molecule has 0 fully saturated rings. The van der Waals surface area contributed by atoms with E-state index in [0.717, 1.165) is 0 Å². The van der Waals surface area contributed by atoms with Gasteiger partial charge in [-0.05, 0) is 60.7 Å². The van der Waals surface area contributed by atoms with Gasteiger partial charge in [0.2, 0.25) is 0 Å². The largest absolute Gasteiger partial charge is 0.497 e. The number of carbonyl (C=O) groups excluding carboxylic acids is 1. The third-order valence-electron chi connectivity index (χ3n) is 5.24. The van der Waals surface area contributed by atoms with Gasteiger partial charge in [0, 0.05) is 16.3 Å². The van der Waals surface area contributed by atoms with Crippen molar-refractivity contribution < 1.29 is 9.53 Å². The Bertz CT molecular complexity index is 1550. The average Bonchev–Trinajstić information content (AvgIpc) is 3.14. The lowest BCUT2D eigenvalue weighted by atomic mass is 10.2. The Labute approximate surface area is 193 Å². The maximum absolute atomic E-state index is 13.1. The van der Waals surface area contributed by atoms with Crippen LogP contribution in [0.25, 0.3) is 27.9 Å². The number of nitriles is 1. The number of methoxy groups -OCH3 is 1. The number of hydrogen-bond donors (Lipinski definition) is 1. The summed E-state index contributed by atoms with van der Waals surface area (Å²) in [7, 11) is 1.59. The summed E-state index contributed by atoms with van der Waals surface area (Å²) in [5, 5.41) is 13.4. The number of para-hydroxylation sites is 2. The molecule has 0 atom stereocenters. The fourth-order valence-corrected chi connectivity index (χ4v) is 3.76. The summed E-state index contributed by atoms with van der Waals surface area (Å²) in [4.78, 5) is 22.5. The number of aromatic nitrogens is 3. The molecule has 0 aliphatic rings. The number of benzene rings is 3. The van der Waals surface area contributed by atoms with Crippen molar-refractivity contribution in [2.45, 2.75) is 0 Å². The first-order valence-corrected chi connectivity index (χ1v) is 10.4. The van der Waals surface area contributed by atoms with Crippen molar-refractivity contribution in [1.82, 2.24) is 14.5 Å². The molecule has 5 aromatic rings. The van der Waals surface area contributed by atoms with Gasteiger partial charge in [-0.3, -0.25) is 9.36 Å². The lowest BCUT2D eigenvalue weighted by molar-refractivity contribution is 0.102. The second-order valence-corrected chi connectivity index (χ2v) is 7.65. The van der Waals surface area contributed by atoms with Crippen molar-refractivity contribution in [3.05, 3.63) is 88.9 Å². The number of ether oxygens (including phenoxy) is 1. The maximum Gasteiger partial charge on any atom is 0.256 e. The molecule has 3 aromatic carbocycles. The Morgan fingerprint density at radius 3 is 2.30 bits per heavy atom. The Hall–Kier alpha value is -4.41. The summed E-state index contributed by atoms with van der Waals surface area (Å²) < 4.78 is 6.99. The minimum atomic E-state index is -0.384. The Balaban J connectivity index is 1.76. The molecule has 0 spiro atoms. The van der Waals surface area contributed by atoms with Crippen LogP contribution in [0.2, 0.25) is 5.02 Å². The van der Waals surface area contributed by atoms with E-state index in [9.17, 15) is 10.1 Å². The van der Waals surface area contributed by atoms with Crippen LogP contribution in [0.1, 0.15) is 15.9 Å². The van der Waals surface area contributed by atoms with E-state index in [0.29, 0.717) is 44.2 Å². The molecule has 2 aromatic heterocycles.